The van der Waals surface area contributed by atoms with Crippen molar-refractivity contribution in [3.8, 4) is 0 Å². The molecule has 0 radical (unpaired) electrons. The minimum Gasteiger partial charge on any atom is -0.391 e. The zero-order chi connectivity index (χ0) is 22.5. The molecular formula is C20H19N7O3S2. The smallest absolute Gasteiger partial charge is 0.278 e. The predicted octanol–water partition coefficient (Wildman–Crippen LogP) is 1.42. The molecule has 12 heteroatoms. The zero-order valence-electron chi connectivity index (χ0n) is 16.7. The molecule has 0 aliphatic carbocycles. The molecule has 4 rings (SSSR count). The maximum Gasteiger partial charge on any atom is 0.278 e. The van der Waals surface area contributed by atoms with Crippen molar-refractivity contribution in [2.75, 3.05) is 18.1 Å². The summed E-state index contributed by atoms with van der Waals surface area (Å²) in [6, 6.07) is 3.13. The topological polar surface area (TPSA) is 136 Å². The van der Waals surface area contributed by atoms with Gasteiger partial charge in [-0.3, -0.25) is 14.6 Å². The Balaban J connectivity index is 1.42. The van der Waals surface area contributed by atoms with Crippen LogP contribution in [-0.2, 0) is 14.4 Å². The summed E-state index contributed by atoms with van der Waals surface area (Å²) in [6.07, 6.45) is 10.7. The maximum atomic E-state index is 12.8. The van der Waals surface area contributed by atoms with Crippen molar-refractivity contribution < 1.29 is 14.4 Å². The normalized spacial score (nSPS) is 20.4. The first-order valence-corrected chi connectivity index (χ1v) is 11.3. The lowest BCUT2D eigenvalue weighted by Gasteiger charge is -2.47. The van der Waals surface area contributed by atoms with Crippen LogP contribution in [-0.4, -0.2) is 60.5 Å². The molecule has 1 fully saturated rings. The van der Waals surface area contributed by atoms with Crippen molar-refractivity contribution in [3.05, 3.63) is 66.4 Å². The molecule has 2 amide bonds. The number of carbonyl (C=O) groups excluding carboxylic acids is 2. The Bertz CT molecular complexity index is 1110. The largest absolute Gasteiger partial charge is 0.391 e. The van der Waals surface area contributed by atoms with Gasteiger partial charge in [0.1, 0.15) is 18.0 Å². The lowest BCUT2D eigenvalue weighted by Crippen LogP contribution is -2.69. The first-order valence-electron chi connectivity index (χ1n) is 9.50. The van der Waals surface area contributed by atoms with Crippen molar-refractivity contribution in [3.63, 3.8) is 0 Å². The molecule has 1 unspecified atom stereocenters. The van der Waals surface area contributed by atoms with Gasteiger partial charge in [-0.1, -0.05) is 36.0 Å². The van der Waals surface area contributed by atoms with Crippen LogP contribution in [0, 0.1) is 0 Å². The molecule has 2 aromatic rings. The van der Waals surface area contributed by atoms with Crippen molar-refractivity contribution >= 4 is 52.0 Å². The van der Waals surface area contributed by atoms with Gasteiger partial charge in [0, 0.05) is 35.9 Å². The molecule has 2 aromatic heterocycles. The number of amides is 2. The Morgan fingerprint density at radius 2 is 2.34 bits per heavy atom. The van der Waals surface area contributed by atoms with Crippen molar-refractivity contribution in [1.29, 1.82) is 0 Å². The fourth-order valence-corrected chi connectivity index (χ4v) is 4.65. The first-order chi connectivity index (χ1) is 15.6. The lowest BCUT2D eigenvalue weighted by atomic mass is 10.1. The van der Waals surface area contributed by atoms with Gasteiger partial charge >= 0.3 is 0 Å². The SMILES string of the molecule is C=CCON=C(C(=O)NC1C(=O)N2C=C(C=Cc3cccnc3)CS[C@@H]12)c1nsc(N)n1. The standard InChI is InChI=1S/C20H19N7O3S2/c1-2-8-30-25-14(16-24-20(21)32-26-16)17(28)23-15-18(29)27-10-13(11-31-19(15)27)6-5-12-4-3-7-22-9-12/h2-7,9-10,15,19H,1,8,11H2,(H,23,28)(H2,21,24,26)/t15?,19-/m0/s1. The Hall–Kier alpha value is -3.51. The molecule has 164 valence electrons. The molecule has 1 saturated heterocycles. The van der Waals surface area contributed by atoms with E-state index in [1.165, 1.54) is 6.08 Å². The third-order valence-electron chi connectivity index (χ3n) is 4.48. The van der Waals surface area contributed by atoms with E-state index < -0.39 is 11.9 Å². The second-order valence-electron chi connectivity index (χ2n) is 6.70. The summed E-state index contributed by atoms with van der Waals surface area (Å²) in [4.78, 5) is 40.2. The second kappa shape index (κ2) is 9.75. The quantitative estimate of drug-likeness (QED) is 0.195. The number of β-lactam (4-membered cyclic amide) rings is 1. The molecule has 10 nitrogen and oxygen atoms in total. The highest BCUT2D eigenvalue weighted by molar-refractivity contribution is 8.00. The van der Waals surface area contributed by atoms with Gasteiger partial charge in [0.15, 0.2) is 5.13 Å². The molecule has 0 bridgehead atoms. The number of pyridine rings is 1. The van der Waals surface area contributed by atoms with E-state index in [1.54, 1.807) is 29.1 Å². The van der Waals surface area contributed by atoms with Crippen LogP contribution in [0.4, 0.5) is 5.13 Å². The van der Waals surface area contributed by atoms with Crippen LogP contribution in [0.2, 0.25) is 0 Å². The lowest BCUT2D eigenvalue weighted by molar-refractivity contribution is -0.143. The molecule has 2 aliphatic heterocycles. The number of oxime groups is 1. The van der Waals surface area contributed by atoms with Crippen molar-refractivity contribution in [2.24, 2.45) is 5.16 Å². The van der Waals surface area contributed by atoms with Crippen LogP contribution in [0.1, 0.15) is 11.4 Å². The number of nitrogens with two attached hydrogens (primary N) is 1. The summed E-state index contributed by atoms with van der Waals surface area (Å²) >= 11 is 2.50. The number of aromatic nitrogens is 3. The molecule has 0 aromatic carbocycles. The van der Waals surface area contributed by atoms with E-state index in [0.717, 1.165) is 22.7 Å². The third kappa shape index (κ3) is 4.70. The number of anilines is 1. The number of hydrogen-bond acceptors (Lipinski definition) is 10. The van der Waals surface area contributed by atoms with Crippen LogP contribution >= 0.6 is 23.3 Å². The average Bonchev–Trinajstić information content (AvgIpc) is 3.25. The average molecular weight is 470 g/mol. The molecule has 2 aliphatic rings. The highest BCUT2D eigenvalue weighted by atomic mass is 32.2. The van der Waals surface area contributed by atoms with Crippen LogP contribution < -0.4 is 11.1 Å². The number of fused-ring (bicyclic) bond motifs is 1. The second-order valence-corrected chi connectivity index (χ2v) is 8.59. The summed E-state index contributed by atoms with van der Waals surface area (Å²) in [5, 5.41) is 6.50. The number of nitrogen functional groups attached to an aromatic ring is 1. The Morgan fingerprint density at radius 1 is 1.47 bits per heavy atom. The summed E-state index contributed by atoms with van der Waals surface area (Å²) < 4.78 is 4.01. The van der Waals surface area contributed by atoms with Gasteiger partial charge in [-0.2, -0.15) is 9.36 Å². The monoisotopic (exact) mass is 469 g/mol. The van der Waals surface area contributed by atoms with E-state index in [9.17, 15) is 9.59 Å². The number of thioether (sulfide) groups is 1. The fraction of sp³-hybridized carbons (Fsp3) is 0.200. The summed E-state index contributed by atoms with van der Waals surface area (Å²) in [6.45, 7) is 3.63. The minimum absolute atomic E-state index is 0.0386. The summed E-state index contributed by atoms with van der Waals surface area (Å²) in [5.74, 6) is -0.0844. The van der Waals surface area contributed by atoms with Gasteiger partial charge in [0.25, 0.3) is 11.8 Å². The van der Waals surface area contributed by atoms with Gasteiger partial charge in [0.2, 0.25) is 11.5 Å². The number of nitrogens with one attached hydrogen (secondary N) is 1. The van der Waals surface area contributed by atoms with Gasteiger partial charge < -0.3 is 20.8 Å². The summed E-state index contributed by atoms with van der Waals surface area (Å²) in [7, 11) is 0. The van der Waals surface area contributed by atoms with Crippen LogP contribution in [0.5, 0.6) is 0 Å². The highest BCUT2D eigenvalue weighted by Gasteiger charge is 2.49. The van der Waals surface area contributed by atoms with E-state index in [2.05, 4.69) is 31.4 Å². The number of rotatable bonds is 8. The van der Waals surface area contributed by atoms with Crippen LogP contribution in [0.25, 0.3) is 6.08 Å². The number of hydrogen-bond donors (Lipinski definition) is 2. The molecule has 0 spiro atoms. The van der Waals surface area contributed by atoms with Crippen LogP contribution in [0.15, 0.2) is 60.2 Å². The van der Waals surface area contributed by atoms with E-state index in [1.807, 2.05) is 30.5 Å². The number of carbonyl (C=O) groups is 2. The maximum absolute atomic E-state index is 12.8. The van der Waals surface area contributed by atoms with Crippen LogP contribution in [0.3, 0.4) is 0 Å². The molecular weight excluding hydrogens is 450 g/mol. The third-order valence-corrected chi connectivity index (χ3v) is 6.37. The Morgan fingerprint density at radius 3 is 3.06 bits per heavy atom. The first kappa shape index (κ1) is 21.7. The molecule has 32 heavy (non-hydrogen) atoms. The van der Waals surface area contributed by atoms with E-state index in [-0.39, 0.29) is 34.6 Å². The summed E-state index contributed by atoms with van der Waals surface area (Å²) in [5.41, 5.74) is 7.44. The number of allylic oxidation sites excluding steroid dienone is 1. The Kier molecular flexibility index (Phi) is 6.61. The van der Waals surface area contributed by atoms with Gasteiger partial charge in [-0.15, -0.1) is 11.8 Å². The van der Waals surface area contributed by atoms with Crippen molar-refractivity contribution in [1.82, 2.24) is 24.6 Å². The fourth-order valence-electron chi connectivity index (χ4n) is 2.98. The molecule has 0 saturated carbocycles. The minimum atomic E-state index is -0.687. The highest BCUT2D eigenvalue weighted by Crippen LogP contribution is 2.36. The van der Waals surface area contributed by atoms with Gasteiger partial charge in [-0.05, 0) is 17.2 Å². The van der Waals surface area contributed by atoms with E-state index in [0.29, 0.717) is 5.75 Å². The van der Waals surface area contributed by atoms with Gasteiger partial charge in [-0.25, -0.2) is 0 Å². The molecule has 3 N–H and O–H groups in total. The molecule has 2 atom stereocenters. The predicted molar refractivity (Wildman–Crippen MR) is 123 cm³/mol. The zero-order valence-corrected chi connectivity index (χ0v) is 18.4. The Labute approximate surface area is 192 Å². The van der Waals surface area contributed by atoms with Crippen molar-refractivity contribution in [2.45, 2.75) is 11.4 Å². The van der Waals surface area contributed by atoms with Gasteiger partial charge in [0.05, 0.1) is 0 Å². The number of nitrogens with zero attached hydrogens (tertiary/aromatic N) is 5. The van der Waals surface area contributed by atoms with E-state index >= 15 is 0 Å². The molecule has 4 heterocycles. The van der Waals surface area contributed by atoms with E-state index in [4.69, 9.17) is 10.6 Å².